The number of fused-ring (bicyclic) bond motifs is 3. The summed E-state index contributed by atoms with van der Waals surface area (Å²) in [4.78, 5) is 0. The van der Waals surface area contributed by atoms with Crippen molar-refractivity contribution in [2.75, 3.05) is 0 Å². The van der Waals surface area contributed by atoms with Crippen LogP contribution in [0, 0.1) is 0 Å². The average molecular weight is 409 g/mol. The largest absolute Gasteiger partial charge is 0.0713 e. The van der Waals surface area contributed by atoms with Crippen LogP contribution >= 0.6 is 0 Å². The molecule has 0 bridgehead atoms. The van der Waals surface area contributed by atoms with Gasteiger partial charge in [0.25, 0.3) is 0 Å². The molecule has 1 aliphatic rings. The molecule has 0 unspecified atom stereocenters. The van der Waals surface area contributed by atoms with Crippen LogP contribution in [0.5, 0.6) is 0 Å². The Bertz CT molecular complexity index is 1320. The molecule has 0 spiro atoms. The highest BCUT2D eigenvalue weighted by atomic mass is 14.5. The van der Waals surface area contributed by atoms with Crippen molar-refractivity contribution >= 4 is 0 Å². The van der Waals surface area contributed by atoms with Gasteiger partial charge in [-0.15, -0.1) is 0 Å². The van der Waals surface area contributed by atoms with Crippen molar-refractivity contribution in [3.8, 4) is 11.1 Å². The molecule has 5 aromatic carbocycles. The molecule has 0 amide bonds. The van der Waals surface area contributed by atoms with Crippen LogP contribution < -0.4 is 0 Å². The normalized spacial score (nSPS) is 13.4. The fraction of sp³-hybridized carbons (Fsp3) is 0.0625. The second kappa shape index (κ2) is 7.66. The average Bonchev–Trinajstić information content (AvgIpc) is 3.17. The minimum atomic E-state index is -0.306. The van der Waals surface area contributed by atoms with Crippen molar-refractivity contribution in [1.29, 1.82) is 0 Å². The van der Waals surface area contributed by atoms with E-state index in [4.69, 9.17) is 0 Å². The first-order valence-electron chi connectivity index (χ1n) is 11.3. The molecule has 0 fully saturated rings. The molecule has 0 aliphatic heterocycles. The first-order valence-corrected chi connectivity index (χ1v) is 11.3. The van der Waals surface area contributed by atoms with E-state index < -0.39 is 0 Å². The molecule has 0 saturated heterocycles. The lowest BCUT2D eigenvalue weighted by Crippen LogP contribution is -2.28. The third-order valence-corrected chi connectivity index (χ3v) is 6.80. The van der Waals surface area contributed by atoms with Gasteiger partial charge in [-0.2, -0.15) is 0 Å². The van der Waals surface area contributed by atoms with E-state index in [1.54, 1.807) is 0 Å². The zero-order valence-electron chi connectivity index (χ0n) is 17.9. The van der Waals surface area contributed by atoms with Gasteiger partial charge in [-0.3, -0.25) is 0 Å². The highest BCUT2D eigenvalue weighted by Crippen LogP contribution is 2.55. The molecular formula is C32H24. The van der Waals surface area contributed by atoms with Crippen LogP contribution in [0.15, 0.2) is 133 Å². The molecule has 0 aromatic heterocycles. The maximum atomic E-state index is 2.34. The third kappa shape index (κ3) is 2.84. The molecule has 0 N–H and O–H groups in total. The molecular weight excluding hydrogens is 384 g/mol. The third-order valence-electron chi connectivity index (χ3n) is 6.80. The van der Waals surface area contributed by atoms with Crippen molar-refractivity contribution in [3.63, 3.8) is 0 Å². The molecule has 6 rings (SSSR count). The van der Waals surface area contributed by atoms with Gasteiger partial charge < -0.3 is 0 Å². The number of rotatable bonds is 4. The summed E-state index contributed by atoms with van der Waals surface area (Å²) in [5.74, 6) is 0. The summed E-state index contributed by atoms with van der Waals surface area (Å²) >= 11 is 0. The van der Waals surface area contributed by atoms with E-state index in [0.717, 1.165) is 6.42 Å². The van der Waals surface area contributed by atoms with Gasteiger partial charge in [-0.1, -0.05) is 133 Å². The quantitative estimate of drug-likeness (QED) is 0.281. The van der Waals surface area contributed by atoms with E-state index in [2.05, 4.69) is 133 Å². The highest BCUT2D eigenvalue weighted by Gasteiger charge is 2.45. The molecule has 0 radical (unpaired) electrons. The number of benzene rings is 5. The Morgan fingerprint density at radius 1 is 0.375 bits per heavy atom. The molecule has 0 nitrogen and oxygen atoms in total. The fourth-order valence-electron chi connectivity index (χ4n) is 5.42. The summed E-state index contributed by atoms with van der Waals surface area (Å²) in [5, 5.41) is 0. The second-order valence-electron chi connectivity index (χ2n) is 8.57. The lowest BCUT2D eigenvalue weighted by Gasteiger charge is -2.34. The predicted octanol–water partition coefficient (Wildman–Crippen LogP) is 7.64. The predicted molar refractivity (Wildman–Crippen MR) is 133 cm³/mol. The monoisotopic (exact) mass is 408 g/mol. The zero-order chi connectivity index (χ0) is 21.4. The lowest BCUT2D eigenvalue weighted by atomic mass is 9.67. The van der Waals surface area contributed by atoms with Crippen LogP contribution in [-0.2, 0) is 11.8 Å². The van der Waals surface area contributed by atoms with E-state index >= 15 is 0 Å². The lowest BCUT2D eigenvalue weighted by molar-refractivity contribution is 0.767. The highest BCUT2D eigenvalue weighted by molar-refractivity contribution is 5.86. The van der Waals surface area contributed by atoms with E-state index in [9.17, 15) is 0 Å². The number of hydrogen-bond acceptors (Lipinski definition) is 0. The van der Waals surface area contributed by atoms with Crippen molar-refractivity contribution in [1.82, 2.24) is 0 Å². The van der Waals surface area contributed by atoms with Gasteiger partial charge >= 0.3 is 0 Å². The maximum Gasteiger partial charge on any atom is 0.0713 e. The van der Waals surface area contributed by atoms with Gasteiger partial charge in [-0.05, 0) is 50.9 Å². The second-order valence-corrected chi connectivity index (χ2v) is 8.57. The summed E-state index contributed by atoms with van der Waals surface area (Å²) in [7, 11) is 0. The zero-order valence-corrected chi connectivity index (χ0v) is 17.9. The molecule has 5 aromatic rings. The van der Waals surface area contributed by atoms with Crippen molar-refractivity contribution in [2.45, 2.75) is 11.8 Å². The van der Waals surface area contributed by atoms with Crippen molar-refractivity contribution in [2.24, 2.45) is 0 Å². The molecule has 32 heavy (non-hydrogen) atoms. The van der Waals surface area contributed by atoms with Gasteiger partial charge in [0, 0.05) is 0 Å². The van der Waals surface area contributed by atoms with E-state index in [-0.39, 0.29) is 5.41 Å². The van der Waals surface area contributed by atoms with Crippen molar-refractivity contribution in [3.05, 3.63) is 167 Å². The molecule has 0 atom stereocenters. The van der Waals surface area contributed by atoms with E-state index in [0.29, 0.717) is 0 Å². The van der Waals surface area contributed by atoms with Gasteiger partial charge in [0.15, 0.2) is 0 Å². The van der Waals surface area contributed by atoms with Gasteiger partial charge in [0.05, 0.1) is 5.41 Å². The molecule has 152 valence electrons. The Hall–Kier alpha value is -3.90. The Morgan fingerprint density at radius 2 is 0.812 bits per heavy atom. The van der Waals surface area contributed by atoms with Gasteiger partial charge in [-0.25, -0.2) is 0 Å². The molecule has 1 aliphatic carbocycles. The van der Waals surface area contributed by atoms with Crippen LogP contribution in [0.4, 0.5) is 0 Å². The standard InChI is InChI=1S/C32H24/c1-3-11-24(12-4-1)23-25-19-21-27(22-20-25)32(26-13-5-2-6-14-26)30-17-9-7-15-28(30)29-16-8-10-18-31(29)32/h1-22H,23H2. The summed E-state index contributed by atoms with van der Waals surface area (Å²) in [6.45, 7) is 0. The summed E-state index contributed by atoms with van der Waals surface area (Å²) < 4.78 is 0. The van der Waals surface area contributed by atoms with Crippen LogP contribution in [0.2, 0.25) is 0 Å². The van der Waals surface area contributed by atoms with Crippen LogP contribution in [0.25, 0.3) is 11.1 Å². The Balaban J connectivity index is 1.57. The SMILES string of the molecule is c1ccc(Cc2ccc(C3(c4ccccc4)c4ccccc4-c4ccccc43)cc2)cc1. The first kappa shape index (κ1) is 18.8. The van der Waals surface area contributed by atoms with Gasteiger partial charge in [0.1, 0.15) is 0 Å². The topological polar surface area (TPSA) is 0 Å². The Labute approximate surface area is 189 Å². The molecule has 0 saturated carbocycles. The van der Waals surface area contributed by atoms with E-state index in [1.807, 2.05) is 0 Å². The summed E-state index contributed by atoms with van der Waals surface area (Å²) in [6, 6.07) is 48.7. The Kier molecular flexibility index (Phi) is 4.51. The molecule has 0 heterocycles. The van der Waals surface area contributed by atoms with Gasteiger partial charge in [0.2, 0.25) is 0 Å². The molecule has 0 heteroatoms. The fourth-order valence-corrected chi connectivity index (χ4v) is 5.42. The Morgan fingerprint density at radius 3 is 1.41 bits per heavy atom. The van der Waals surface area contributed by atoms with Crippen LogP contribution in [-0.4, -0.2) is 0 Å². The maximum absolute atomic E-state index is 2.34. The van der Waals surface area contributed by atoms with Crippen LogP contribution in [0.1, 0.15) is 33.4 Å². The minimum absolute atomic E-state index is 0.306. The summed E-state index contributed by atoms with van der Waals surface area (Å²) in [6.07, 6.45) is 0.951. The smallest absolute Gasteiger partial charge is 0.0622 e. The number of hydrogen-bond donors (Lipinski definition) is 0. The first-order chi connectivity index (χ1) is 15.9. The van der Waals surface area contributed by atoms with Crippen molar-refractivity contribution < 1.29 is 0 Å². The minimum Gasteiger partial charge on any atom is -0.0622 e. The van der Waals surface area contributed by atoms with Crippen LogP contribution in [0.3, 0.4) is 0 Å². The summed E-state index contributed by atoms with van der Waals surface area (Å²) in [5.41, 5.74) is 10.4. The van der Waals surface area contributed by atoms with E-state index in [1.165, 1.54) is 44.5 Å².